The maximum Gasteiger partial charge on any atom is 0.264 e. The van der Waals surface area contributed by atoms with Crippen molar-refractivity contribution in [1.82, 2.24) is 20.5 Å². The molecule has 0 saturated carbocycles. The minimum atomic E-state index is -4.19. The lowest BCUT2D eigenvalue weighted by Gasteiger charge is -2.27. The van der Waals surface area contributed by atoms with Crippen molar-refractivity contribution < 1.29 is 55.8 Å². The van der Waals surface area contributed by atoms with Crippen LogP contribution in [0.1, 0.15) is 61.5 Å². The van der Waals surface area contributed by atoms with Crippen LogP contribution in [0.15, 0.2) is 96.0 Å². The lowest BCUT2D eigenvalue weighted by Crippen LogP contribution is -2.54. The number of imide groups is 2. The van der Waals surface area contributed by atoms with Gasteiger partial charge in [0.05, 0.1) is 55.7 Å². The monoisotopic (exact) mass is 961 g/mol. The normalized spacial score (nSPS) is 15.6. The first-order chi connectivity index (χ1) is 33.3. The number of nitrogen functional groups attached to an aromatic ring is 1. The molecule has 0 bridgehead atoms. The minimum absolute atomic E-state index is 0.0351. The molecule has 8 rings (SSSR count). The number of aromatic nitrogens is 1. The Kier molecular flexibility index (Phi) is 14.8. The van der Waals surface area contributed by atoms with Gasteiger partial charge in [-0.15, -0.1) is 0 Å². The third kappa shape index (κ3) is 11.2. The molecule has 3 aliphatic rings. The molecule has 18 nitrogen and oxygen atoms in total. The summed E-state index contributed by atoms with van der Waals surface area (Å²) in [6, 6.07) is 20.7. The zero-order chi connectivity index (χ0) is 48.7. The predicted octanol–water partition coefficient (Wildman–Crippen LogP) is 4.29. The van der Waals surface area contributed by atoms with E-state index in [2.05, 4.69) is 25.7 Å². The number of halogens is 1. The SMILES string of the molecule is Nc1ncc(-c2ccc(S(=O)(=O)Nc3ccc(CC(=O)CCOCCOCCOCCNc4cccc5c4C(=O)N(C4CCC(=O)NC4=O)C5=O)cc3)cc2F)cc1-c1ccc2c(c1)CCNC2=O. The molecular weight excluding hydrogens is 914 g/mol. The number of pyridine rings is 1. The van der Waals surface area contributed by atoms with E-state index in [0.717, 1.165) is 16.5 Å². The number of Topliss-reactive ketones (excluding diaryl/α,β-unsaturated/α-hetero) is 1. The van der Waals surface area contributed by atoms with Crippen LogP contribution in [0.5, 0.6) is 0 Å². The molecule has 1 fully saturated rings. The van der Waals surface area contributed by atoms with E-state index in [0.29, 0.717) is 53.0 Å². The second-order valence-electron chi connectivity index (χ2n) is 16.4. The highest BCUT2D eigenvalue weighted by Crippen LogP contribution is 2.35. The molecule has 6 N–H and O–H groups in total. The van der Waals surface area contributed by atoms with Crippen molar-refractivity contribution >= 4 is 62.5 Å². The first kappa shape index (κ1) is 48.1. The molecule has 5 aromatic rings. The number of ether oxygens (including phenoxy) is 3. The van der Waals surface area contributed by atoms with Gasteiger partial charge in [-0.2, -0.15) is 0 Å². The fourth-order valence-electron chi connectivity index (χ4n) is 8.22. The second kappa shape index (κ2) is 21.3. The van der Waals surface area contributed by atoms with Gasteiger partial charge in [-0.1, -0.05) is 36.4 Å². The highest BCUT2D eigenvalue weighted by atomic mass is 32.2. The van der Waals surface area contributed by atoms with Gasteiger partial charge in [0, 0.05) is 72.2 Å². The Morgan fingerprint density at radius 3 is 2.29 bits per heavy atom. The number of carbonyl (C=O) groups excluding carboxylic acids is 6. The molecule has 0 radical (unpaired) electrons. The molecule has 4 aromatic carbocycles. The first-order valence-electron chi connectivity index (χ1n) is 22.2. The van der Waals surface area contributed by atoms with Crippen molar-refractivity contribution in [3.8, 4) is 22.3 Å². The summed E-state index contributed by atoms with van der Waals surface area (Å²) in [6.07, 6.45) is 2.44. The summed E-state index contributed by atoms with van der Waals surface area (Å²) >= 11 is 0. The number of carbonyl (C=O) groups is 6. The Labute approximate surface area is 396 Å². The van der Waals surface area contributed by atoms with Gasteiger partial charge in [0.25, 0.3) is 27.7 Å². The predicted molar refractivity (Wildman–Crippen MR) is 250 cm³/mol. The van der Waals surface area contributed by atoms with Gasteiger partial charge in [0.2, 0.25) is 11.8 Å². The Bertz CT molecular complexity index is 2950. The number of hydrogen-bond donors (Lipinski definition) is 5. The molecule has 0 spiro atoms. The largest absolute Gasteiger partial charge is 0.383 e. The van der Waals surface area contributed by atoms with Crippen LogP contribution in [0.3, 0.4) is 0 Å². The fourth-order valence-corrected chi connectivity index (χ4v) is 9.29. The number of piperidine rings is 1. The van der Waals surface area contributed by atoms with E-state index in [1.165, 1.54) is 36.5 Å². The molecule has 358 valence electrons. The fraction of sp³-hybridized carbons (Fsp3) is 0.286. The highest BCUT2D eigenvalue weighted by Gasteiger charge is 2.45. The second-order valence-corrected chi connectivity index (χ2v) is 18.1. The zero-order valence-corrected chi connectivity index (χ0v) is 38.0. The van der Waals surface area contributed by atoms with Crippen LogP contribution in [0.4, 0.5) is 21.6 Å². The lowest BCUT2D eigenvalue weighted by atomic mass is 9.94. The van der Waals surface area contributed by atoms with E-state index in [4.69, 9.17) is 19.9 Å². The van der Waals surface area contributed by atoms with Gasteiger partial charge in [0.1, 0.15) is 23.5 Å². The number of hydrogen-bond acceptors (Lipinski definition) is 14. The number of nitrogens with two attached hydrogens (primary N) is 1. The molecule has 5 amide bonds. The van der Waals surface area contributed by atoms with Crippen LogP contribution in [-0.2, 0) is 51.5 Å². The van der Waals surface area contributed by atoms with Crippen LogP contribution in [0, 0.1) is 5.82 Å². The summed E-state index contributed by atoms with van der Waals surface area (Å²) < 4.78 is 61.2. The van der Waals surface area contributed by atoms with Gasteiger partial charge in [-0.05, 0) is 78.1 Å². The van der Waals surface area contributed by atoms with E-state index in [1.54, 1.807) is 42.5 Å². The number of benzene rings is 4. The number of ketones is 1. The van der Waals surface area contributed by atoms with Crippen molar-refractivity contribution in [2.75, 3.05) is 68.5 Å². The molecule has 1 aromatic heterocycles. The van der Waals surface area contributed by atoms with Crippen LogP contribution in [-0.4, -0.2) is 112 Å². The van der Waals surface area contributed by atoms with Gasteiger partial charge in [-0.25, -0.2) is 17.8 Å². The Hall–Kier alpha value is -7.39. The molecule has 1 unspecified atom stereocenters. The van der Waals surface area contributed by atoms with Crippen molar-refractivity contribution in [3.63, 3.8) is 0 Å². The van der Waals surface area contributed by atoms with Crippen LogP contribution < -0.4 is 26.4 Å². The smallest absolute Gasteiger partial charge is 0.264 e. The van der Waals surface area contributed by atoms with E-state index >= 15 is 4.39 Å². The molecule has 20 heteroatoms. The molecule has 1 saturated heterocycles. The zero-order valence-electron chi connectivity index (χ0n) is 37.2. The maximum atomic E-state index is 15.6. The lowest BCUT2D eigenvalue weighted by molar-refractivity contribution is -0.136. The molecule has 3 aliphatic heterocycles. The summed E-state index contributed by atoms with van der Waals surface area (Å²) in [7, 11) is -4.19. The molecule has 1 atom stereocenters. The quantitative estimate of drug-likeness (QED) is 0.0509. The number of anilines is 3. The van der Waals surface area contributed by atoms with Gasteiger partial charge in [0.15, 0.2) is 0 Å². The van der Waals surface area contributed by atoms with E-state index in [1.807, 2.05) is 6.07 Å². The topological polar surface area (TPSA) is 255 Å². The van der Waals surface area contributed by atoms with E-state index in [-0.39, 0.29) is 110 Å². The third-order valence-corrected chi connectivity index (χ3v) is 13.1. The maximum absolute atomic E-state index is 15.6. The molecule has 4 heterocycles. The summed E-state index contributed by atoms with van der Waals surface area (Å²) in [6.45, 7) is 2.41. The van der Waals surface area contributed by atoms with Crippen molar-refractivity contribution in [2.24, 2.45) is 0 Å². The Balaban J connectivity index is 0.708. The number of sulfonamides is 1. The van der Waals surface area contributed by atoms with Crippen LogP contribution >= 0.6 is 0 Å². The van der Waals surface area contributed by atoms with Crippen LogP contribution in [0.2, 0.25) is 0 Å². The minimum Gasteiger partial charge on any atom is -0.383 e. The standard InChI is InChI=1S/C49H48FN7O11S/c50-40-27-35(9-11-36(40)32-26-39(45(51)54-28-32)30-6-10-37-31(25-30)14-16-53-46(37)60)69(64,65)56-33-7-4-29(5-8-33)24-34(58)15-18-66-20-22-68-23-21-67-19-17-52-41-3-1-2-38-44(41)49(63)57(48(38)62)42-12-13-43(59)55-47(42)61/h1-11,25-28,42,52,56H,12-24H2,(H2,51,54)(H,53,60)(H,55,59,61). The van der Waals surface area contributed by atoms with E-state index in [9.17, 15) is 37.2 Å². The third-order valence-electron chi connectivity index (χ3n) is 11.7. The summed E-state index contributed by atoms with van der Waals surface area (Å²) in [5, 5.41) is 8.10. The molecular formula is C49H48FN7O11S. The Morgan fingerprint density at radius 1 is 0.797 bits per heavy atom. The average molecular weight is 962 g/mol. The number of nitrogens with zero attached hydrogens (tertiary/aromatic N) is 2. The summed E-state index contributed by atoms with van der Waals surface area (Å²) in [5.74, 6) is -3.09. The van der Waals surface area contributed by atoms with Crippen LogP contribution in [0.25, 0.3) is 22.3 Å². The number of rotatable bonds is 21. The Morgan fingerprint density at radius 2 is 1.54 bits per heavy atom. The number of nitrogens with one attached hydrogen (secondary N) is 4. The first-order valence-corrected chi connectivity index (χ1v) is 23.7. The van der Waals surface area contributed by atoms with Gasteiger partial charge in [-0.3, -0.25) is 43.7 Å². The van der Waals surface area contributed by atoms with Crippen molar-refractivity contribution in [2.45, 2.75) is 43.0 Å². The molecule has 69 heavy (non-hydrogen) atoms. The van der Waals surface area contributed by atoms with Crippen molar-refractivity contribution in [3.05, 3.63) is 125 Å². The average Bonchev–Trinajstić information content (AvgIpc) is 3.58. The summed E-state index contributed by atoms with van der Waals surface area (Å²) in [5.41, 5.74) is 11.1. The van der Waals surface area contributed by atoms with E-state index < -0.39 is 45.5 Å². The number of fused-ring (bicyclic) bond motifs is 2. The molecule has 0 aliphatic carbocycles. The summed E-state index contributed by atoms with van der Waals surface area (Å²) in [4.78, 5) is 79.9. The number of amides is 5. The van der Waals surface area contributed by atoms with Gasteiger partial charge >= 0.3 is 0 Å². The van der Waals surface area contributed by atoms with Crippen molar-refractivity contribution in [1.29, 1.82) is 0 Å². The van der Waals surface area contributed by atoms with Gasteiger partial charge < -0.3 is 30.6 Å². The highest BCUT2D eigenvalue weighted by molar-refractivity contribution is 7.92.